The third-order valence-electron chi connectivity index (χ3n) is 5.78. The summed E-state index contributed by atoms with van der Waals surface area (Å²) in [6.07, 6.45) is 0.805. The molecule has 0 aromatic heterocycles. The molecular formula is C23H31N3O6. The van der Waals surface area contributed by atoms with Gasteiger partial charge in [-0.2, -0.15) is 0 Å². The zero-order valence-corrected chi connectivity index (χ0v) is 19.0. The van der Waals surface area contributed by atoms with Crippen molar-refractivity contribution in [3.8, 4) is 0 Å². The van der Waals surface area contributed by atoms with Gasteiger partial charge in [-0.15, -0.1) is 0 Å². The van der Waals surface area contributed by atoms with Crippen molar-refractivity contribution < 1.29 is 28.7 Å². The van der Waals surface area contributed by atoms with Crippen LogP contribution in [-0.2, 0) is 30.3 Å². The van der Waals surface area contributed by atoms with Gasteiger partial charge in [-0.25, -0.2) is 9.59 Å². The van der Waals surface area contributed by atoms with Gasteiger partial charge in [0.15, 0.2) is 0 Å². The molecule has 0 spiro atoms. The van der Waals surface area contributed by atoms with Crippen molar-refractivity contribution in [2.24, 2.45) is 0 Å². The van der Waals surface area contributed by atoms with Crippen LogP contribution in [0.3, 0.4) is 0 Å². The van der Waals surface area contributed by atoms with Gasteiger partial charge in [0.25, 0.3) is 0 Å². The summed E-state index contributed by atoms with van der Waals surface area (Å²) in [5, 5.41) is 5.40. The number of carbonyl (C=O) groups excluding carboxylic acids is 4. The highest BCUT2D eigenvalue weighted by atomic mass is 16.6. The molecule has 3 atom stereocenters. The van der Waals surface area contributed by atoms with Crippen LogP contribution in [0.5, 0.6) is 0 Å². The van der Waals surface area contributed by atoms with Crippen LogP contribution in [0.25, 0.3) is 0 Å². The second-order valence-corrected chi connectivity index (χ2v) is 9.27. The summed E-state index contributed by atoms with van der Waals surface area (Å²) >= 11 is 0. The van der Waals surface area contributed by atoms with Gasteiger partial charge in [-0.3, -0.25) is 9.59 Å². The van der Waals surface area contributed by atoms with Crippen LogP contribution in [0.2, 0.25) is 0 Å². The van der Waals surface area contributed by atoms with E-state index < -0.39 is 41.2 Å². The number of methoxy groups -OCH3 is 1. The molecule has 1 aromatic carbocycles. The summed E-state index contributed by atoms with van der Waals surface area (Å²) in [7, 11) is 1.27. The molecule has 2 saturated heterocycles. The number of rotatable bonds is 6. The molecule has 9 heteroatoms. The van der Waals surface area contributed by atoms with E-state index >= 15 is 0 Å². The molecule has 0 aliphatic carbocycles. The fourth-order valence-electron chi connectivity index (χ4n) is 4.39. The summed E-state index contributed by atoms with van der Waals surface area (Å²) in [6, 6.07) is 7.55. The Morgan fingerprint density at radius 1 is 1.22 bits per heavy atom. The van der Waals surface area contributed by atoms with Crippen LogP contribution >= 0.6 is 0 Å². The van der Waals surface area contributed by atoms with Crippen LogP contribution in [0.15, 0.2) is 30.3 Å². The molecule has 2 aliphatic rings. The fraction of sp³-hybridized carbons (Fsp3) is 0.565. The van der Waals surface area contributed by atoms with Gasteiger partial charge >= 0.3 is 12.1 Å². The molecule has 1 aromatic rings. The third-order valence-corrected chi connectivity index (χ3v) is 5.78. The van der Waals surface area contributed by atoms with Crippen LogP contribution < -0.4 is 10.6 Å². The average molecular weight is 446 g/mol. The van der Waals surface area contributed by atoms with Gasteiger partial charge < -0.3 is 25.0 Å². The first-order valence-corrected chi connectivity index (χ1v) is 10.8. The molecule has 32 heavy (non-hydrogen) atoms. The Labute approximate surface area is 187 Å². The second kappa shape index (κ2) is 9.18. The number of nitrogens with one attached hydrogen (secondary N) is 2. The maximum absolute atomic E-state index is 13.4. The lowest BCUT2D eigenvalue weighted by Crippen LogP contribution is -2.57. The Balaban J connectivity index is 1.75. The largest absolute Gasteiger partial charge is 0.467 e. The van der Waals surface area contributed by atoms with Gasteiger partial charge in [-0.1, -0.05) is 30.3 Å². The van der Waals surface area contributed by atoms with E-state index in [2.05, 4.69) is 10.6 Å². The molecule has 3 amide bonds. The van der Waals surface area contributed by atoms with E-state index in [1.165, 1.54) is 12.0 Å². The molecule has 0 unspecified atom stereocenters. The average Bonchev–Trinajstić information content (AvgIpc) is 3.25. The van der Waals surface area contributed by atoms with Crippen molar-refractivity contribution in [2.75, 3.05) is 13.7 Å². The maximum atomic E-state index is 13.4. The first-order valence-electron chi connectivity index (χ1n) is 10.8. The minimum atomic E-state index is -1.11. The van der Waals surface area contributed by atoms with E-state index in [1.807, 2.05) is 30.3 Å². The van der Waals surface area contributed by atoms with Crippen molar-refractivity contribution in [3.63, 3.8) is 0 Å². The quantitative estimate of drug-likeness (QED) is 0.642. The normalized spacial score (nSPS) is 23.3. The van der Waals surface area contributed by atoms with Gasteiger partial charge in [0.1, 0.15) is 23.2 Å². The number of fused-ring (bicyclic) bond motifs is 1. The van der Waals surface area contributed by atoms with E-state index in [1.54, 1.807) is 20.8 Å². The second-order valence-electron chi connectivity index (χ2n) is 9.27. The number of carbonyl (C=O) groups is 4. The van der Waals surface area contributed by atoms with Crippen molar-refractivity contribution in [1.29, 1.82) is 0 Å². The van der Waals surface area contributed by atoms with Gasteiger partial charge in [-0.05, 0) is 39.2 Å². The van der Waals surface area contributed by atoms with Gasteiger partial charge in [0.05, 0.1) is 7.11 Å². The number of amides is 3. The van der Waals surface area contributed by atoms with Crippen LogP contribution in [-0.4, -0.2) is 65.7 Å². The van der Waals surface area contributed by atoms with Gasteiger partial charge in [0.2, 0.25) is 11.8 Å². The Morgan fingerprint density at radius 2 is 1.91 bits per heavy atom. The Hall–Kier alpha value is -3.10. The Morgan fingerprint density at radius 3 is 2.53 bits per heavy atom. The molecule has 2 fully saturated rings. The topological polar surface area (TPSA) is 114 Å². The zero-order valence-electron chi connectivity index (χ0n) is 19.0. The van der Waals surface area contributed by atoms with Crippen molar-refractivity contribution in [1.82, 2.24) is 15.5 Å². The first kappa shape index (κ1) is 23.6. The summed E-state index contributed by atoms with van der Waals surface area (Å²) in [5.74, 6) is -1.29. The summed E-state index contributed by atoms with van der Waals surface area (Å²) < 4.78 is 10.1. The predicted molar refractivity (Wildman–Crippen MR) is 116 cm³/mol. The van der Waals surface area contributed by atoms with Gasteiger partial charge in [0, 0.05) is 19.4 Å². The van der Waals surface area contributed by atoms with E-state index in [4.69, 9.17) is 9.47 Å². The van der Waals surface area contributed by atoms with Crippen molar-refractivity contribution in [2.45, 2.75) is 69.7 Å². The molecule has 0 bridgehead atoms. The molecule has 9 nitrogen and oxygen atoms in total. The maximum Gasteiger partial charge on any atom is 0.408 e. The number of alkyl carbamates (subject to hydrolysis) is 1. The number of ether oxygens (including phenoxy) is 2. The molecular weight excluding hydrogens is 414 g/mol. The highest BCUT2D eigenvalue weighted by molar-refractivity contribution is 6.00. The monoisotopic (exact) mass is 445 g/mol. The van der Waals surface area contributed by atoms with Crippen molar-refractivity contribution >= 4 is 23.9 Å². The number of benzene rings is 1. The molecule has 2 N–H and O–H groups in total. The lowest BCUT2D eigenvalue weighted by Gasteiger charge is -2.31. The molecule has 2 aliphatic heterocycles. The lowest BCUT2D eigenvalue weighted by molar-refractivity contribution is -0.147. The lowest BCUT2D eigenvalue weighted by atomic mass is 9.90. The summed E-state index contributed by atoms with van der Waals surface area (Å²) in [4.78, 5) is 52.5. The van der Waals surface area contributed by atoms with E-state index in [0.717, 1.165) is 5.56 Å². The number of nitrogens with zero attached hydrogens (tertiary/aromatic N) is 1. The smallest absolute Gasteiger partial charge is 0.408 e. The highest BCUT2D eigenvalue weighted by Crippen LogP contribution is 2.40. The minimum Gasteiger partial charge on any atom is -0.467 e. The fourth-order valence-corrected chi connectivity index (χ4v) is 4.39. The standard InChI is InChI=1S/C23H31N3O6/c1-22(2,3)32-21(30)25-17-14-23(11-8-12-26(23)18(17)27)20(29)24-16(19(28)31-4)13-15-9-6-5-7-10-15/h5-7,9-10,16-17H,8,11-14H2,1-4H3,(H,24,29)(H,25,30)/t16-,17+,23-/m0/s1. The highest BCUT2D eigenvalue weighted by Gasteiger charge is 2.58. The first-order chi connectivity index (χ1) is 15.1. The SMILES string of the molecule is COC(=O)[C@H](Cc1ccccc1)NC(=O)[C@@]12CCCN1C(=O)[C@H](NC(=O)OC(C)(C)C)C2. The van der Waals surface area contributed by atoms with E-state index in [9.17, 15) is 19.2 Å². The molecule has 2 heterocycles. The predicted octanol–water partition coefficient (Wildman–Crippen LogP) is 1.55. The van der Waals surface area contributed by atoms with Crippen LogP contribution in [0.1, 0.15) is 45.6 Å². The molecule has 174 valence electrons. The van der Waals surface area contributed by atoms with Crippen LogP contribution in [0, 0.1) is 0 Å². The van der Waals surface area contributed by atoms with Crippen LogP contribution in [0.4, 0.5) is 4.79 Å². The number of hydrogen-bond donors (Lipinski definition) is 2. The van der Waals surface area contributed by atoms with Crippen molar-refractivity contribution in [3.05, 3.63) is 35.9 Å². The molecule has 0 radical (unpaired) electrons. The Bertz CT molecular complexity index is 881. The number of esters is 1. The molecule has 0 saturated carbocycles. The summed E-state index contributed by atoms with van der Waals surface area (Å²) in [6.45, 7) is 5.61. The Kier molecular flexibility index (Phi) is 6.76. The molecule has 3 rings (SSSR count). The minimum absolute atomic E-state index is 0.121. The zero-order chi connectivity index (χ0) is 23.5. The van der Waals surface area contributed by atoms with E-state index in [-0.39, 0.29) is 18.7 Å². The summed E-state index contributed by atoms with van der Waals surface area (Å²) in [5.41, 5.74) is -0.946. The van der Waals surface area contributed by atoms with E-state index in [0.29, 0.717) is 19.4 Å². The number of hydrogen-bond acceptors (Lipinski definition) is 6. The third kappa shape index (κ3) is 5.03.